The summed E-state index contributed by atoms with van der Waals surface area (Å²) in [4.78, 5) is -0.256. The maximum Gasteiger partial charge on any atom is 0.0681 e. The van der Waals surface area contributed by atoms with Crippen molar-refractivity contribution in [3.05, 3.63) is 12.2 Å². The van der Waals surface area contributed by atoms with Gasteiger partial charge in [-0.1, -0.05) is 52.2 Å². The Labute approximate surface area is 172 Å². The lowest BCUT2D eigenvalue weighted by atomic mass is 9.55. The number of alkyl halides is 1. The van der Waals surface area contributed by atoms with E-state index in [4.69, 9.17) is 11.6 Å². The number of aliphatic hydroxyl groups is 1. The molecule has 0 aromatic carbocycles. The van der Waals surface area contributed by atoms with E-state index in [9.17, 15) is 5.11 Å². The van der Waals surface area contributed by atoms with Crippen molar-refractivity contribution in [1.82, 2.24) is 0 Å². The number of rotatable bonds is 5. The molecule has 0 amide bonds. The largest absolute Gasteiger partial charge is 0.393 e. The Kier molecular flexibility index (Phi) is 6.02. The molecule has 2 heteroatoms. The number of fused-ring (bicyclic) bond motifs is 5. The van der Waals surface area contributed by atoms with Crippen LogP contribution >= 0.6 is 11.6 Å². The first-order valence-corrected chi connectivity index (χ1v) is 12.3. The molecule has 3 fully saturated rings. The number of hydrogen-bond acceptors (Lipinski definition) is 1. The molecule has 0 radical (unpaired) electrons. The molecule has 9 unspecified atom stereocenters. The molecule has 154 valence electrons. The Bertz CT molecular complexity index is 542. The van der Waals surface area contributed by atoms with E-state index in [1.54, 1.807) is 0 Å². The van der Waals surface area contributed by atoms with Crippen LogP contribution in [-0.2, 0) is 0 Å². The summed E-state index contributed by atoms with van der Waals surface area (Å²) in [6, 6.07) is 0. The van der Waals surface area contributed by atoms with Gasteiger partial charge in [-0.3, -0.25) is 0 Å². The summed E-state index contributed by atoms with van der Waals surface area (Å²) in [5.74, 6) is 6.72. The average molecular weight is 393 g/mol. The highest BCUT2D eigenvalue weighted by atomic mass is 35.5. The lowest BCUT2D eigenvalue weighted by Gasteiger charge is -2.53. The van der Waals surface area contributed by atoms with Crippen molar-refractivity contribution in [2.45, 2.75) is 96.0 Å². The topological polar surface area (TPSA) is 20.2 Å². The van der Waals surface area contributed by atoms with Crippen molar-refractivity contribution >= 4 is 11.6 Å². The Balaban J connectivity index is 1.43. The summed E-state index contributed by atoms with van der Waals surface area (Å²) in [7, 11) is 0. The molecular formula is C25H41ClO. The third-order valence-electron chi connectivity index (χ3n) is 9.02. The Morgan fingerprint density at radius 3 is 2.48 bits per heavy atom. The Hall–Kier alpha value is -0.0100. The maximum absolute atomic E-state index is 10.1. The summed E-state index contributed by atoms with van der Waals surface area (Å²) < 4.78 is 0. The zero-order chi connectivity index (χ0) is 19.2. The number of hydrogen-bond donors (Lipinski definition) is 1. The van der Waals surface area contributed by atoms with Gasteiger partial charge in [0.2, 0.25) is 0 Å². The van der Waals surface area contributed by atoms with Crippen LogP contribution in [0.25, 0.3) is 0 Å². The summed E-state index contributed by atoms with van der Waals surface area (Å²) in [6.07, 6.45) is 17.4. The fourth-order valence-electron chi connectivity index (χ4n) is 7.71. The van der Waals surface area contributed by atoms with Crippen molar-refractivity contribution in [2.75, 3.05) is 0 Å². The molecule has 1 nitrogen and oxygen atoms in total. The molecule has 4 rings (SSSR count). The van der Waals surface area contributed by atoms with Crippen LogP contribution in [0.4, 0.5) is 0 Å². The van der Waals surface area contributed by atoms with Gasteiger partial charge in [0.1, 0.15) is 0 Å². The minimum absolute atomic E-state index is 0.196. The molecule has 0 aliphatic heterocycles. The van der Waals surface area contributed by atoms with Crippen LogP contribution < -0.4 is 0 Å². The highest BCUT2D eigenvalue weighted by Gasteiger charge is 2.54. The molecule has 1 N–H and O–H groups in total. The van der Waals surface area contributed by atoms with Crippen molar-refractivity contribution in [3.8, 4) is 0 Å². The molecule has 27 heavy (non-hydrogen) atoms. The first-order valence-electron chi connectivity index (χ1n) is 12.0. The lowest BCUT2D eigenvalue weighted by molar-refractivity contribution is 0.0120. The van der Waals surface area contributed by atoms with Gasteiger partial charge in [-0.05, 0) is 92.3 Å². The van der Waals surface area contributed by atoms with E-state index in [-0.39, 0.29) is 11.0 Å². The standard InChI is InChI=1S/C25H41ClO/c1-16(2)5-4-6-17(3)19-8-9-21-20(19)10-11-23-22(21)13-14-25(26)15-18(27)7-12-24(23)25/h13-14,16-24,27H,4-12,15H2,1-3H3. The highest BCUT2D eigenvalue weighted by Crippen LogP contribution is 2.60. The van der Waals surface area contributed by atoms with Crippen LogP contribution in [-0.4, -0.2) is 16.1 Å². The molecule has 0 bridgehead atoms. The average Bonchev–Trinajstić information content (AvgIpc) is 3.04. The quantitative estimate of drug-likeness (QED) is 0.401. The van der Waals surface area contributed by atoms with Crippen molar-refractivity contribution in [1.29, 1.82) is 0 Å². The van der Waals surface area contributed by atoms with E-state index in [2.05, 4.69) is 32.9 Å². The van der Waals surface area contributed by atoms with Gasteiger partial charge >= 0.3 is 0 Å². The summed E-state index contributed by atoms with van der Waals surface area (Å²) in [5, 5.41) is 10.1. The predicted molar refractivity (Wildman–Crippen MR) is 115 cm³/mol. The van der Waals surface area contributed by atoms with Crippen LogP contribution in [0.2, 0.25) is 0 Å². The number of aliphatic hydroxyl groups excluding tert-OH is 1. The molecule has 4 aliphatic carbocycles. The fourth-order valence-corrected chi connectivity index (χ4v) is 8.24. The van der Waals surface area contributed by atoms with Gasteiger partial charge in [-0.2, -0.15) is 0 Å². The minimum atomic E-state index is -0.256. The zero-order valence-corrected chi connectivity index (χ0v) is 18.5. The first kappa shape index (κ1) is 20.3. The van der Waals surface area contributed by atoms with Crippen LogP contribution in [0.3, 0.4) is 0 Å². The Morgan fingerprint density at radius 2 is 1.70 bits per heavy atom. The van der Waals surface area contributed by atoms with Crippen molar-refractivity contribution in [2.24, 2.45) is 47.3 Å². The van der Waals surface area contributed by atoms with E-state index >= 15 is 0 Å². The van der Waals surface area contributed by atoms with Crippen LogP contribution in [0, 0.1) is 47.3 Å². The molecular weight excluding hydrogens is 352 g/mol. The van der Waals surface area contributed by atoms with Gasteiger partial charge in [-0.15, -0.1) is 11.6 Å². The van der Waals surface area contributed by atoms with Gasteiger partial charge in [0.05, 0.1) is 11.0 Å². The second-order valence-corrected chi connectivity index (χ2v) is 11.7. The number of allylic oxidation sites excluding steroid dienone is 2. The molecule has 0 spiro atoms. The summed E-state index contributed by atoms with van der Waals surface area (Å²) in [6.45, 7) is 7.25. The molecule has 4 aliphatic rings. The monoisotopic (exact) mass is 392 g/mol. The maximum atomic E-state index is 10.1. The molecule has 0 aromatic heterocycles. The van der Waals surface area contributed by atoms with Gasteiger partial charge in [0, 0.05) is 0 Å². The van der Waals surface area contributed by atoms with Gasteiger partial charge < -0.3 is 5.11 Å². The van der Waals surface area contributed by atoms with Gasteiger partial charge in [-0.25, -0.2) is 0 Å². The smallest absolute Gasteiger partial charge is 0.0681 e. The van der Waals surface area contributed by atoms with E-state index in [1.807, 2.05) is 0 Å². The molecule has 3 saturated carbocycles. The highest BCUT2D eigenvalue weighted by molar-refractivity contribution is 6.25. The van der Waals surface area contributed by atoms with Gasteiger partial charge in [0.15, 0.2) is 0 Å². The van der Waals surface area contributed by atoms with Crippen LogP contribution in [0.5, 0.6) is 0 Å². The minimum Gasteiger partial charge on any atom is -0.393 e. The van der Waals surface area contributed by atoms with Gasteiger partial charge in [0.25, 0.3) is 0 Å². The summed E-state index contributed by atoms with van der Waals surface area (Å²) >= 11 is 7.05. The molecule has 0 saturated heterocycles. The predicted octanol–water partition coefficient (Wildman–Crippen LogP) is 6.83. The third kappa shape index (κ3) is 3.89. The van der Waals surface area contributed by atoms with E-state index in [1.165, 1.54) is 44.9 Å². The fraction of sp³-hybridized carbons (Fsp3) is 0.920. The molecule has 0 aromatic rings. The third-order valence-corrected chi connectivity index (χ3v) is 9.58. The van der Waals surface area contributed by atoms with E-state index in [0.717, 1.165) is 60.7 Å². The van der Waals surface area contributed by atoms with E-state index < -0.39 is 0 Å². The van der Waals surface area contributed by atoms with Crippen molar-refractivity contribution < 1.29 is 5.11 Å². The van der Waals surface area contributed by atoms with E-state index in [0.29, 0.717) is 5.92 Å². The molecule has 0 heterocycles. The second-order valence-electron chi connectivity index (χ2n) is 11.0. The normalized spacial score (nSPS) is 47.4. The second kappa shape index (κ2) is 8.02. The Morgan fingerprint density at radius 1 is 0.963 bits per heavy atom. The van der Waals surface area contributed by atoms with Crippen molar-refractivity contribution in [3.63, 3.8) is 0 Å². The summed E-state index contributed by atoms with van der Waals surface area (Å²) in [5.41, 5.74) is 0. The van der Waals surface area contributed by atoms with Crippen LogP contribution in [0.1, 0.15) is 85.0 Å². The van der Waals surface area contributed by atoms with Crippen LogP contribution in [0.15, 0.2) is 12.2 Å². The lowest BCUT2D eigenvalue weighted by Crippen LogP contribution is -2.50. The zero-order valence-electron chi connectivity index (χ0n) is 17.7. The SMILES string of the molecule is CC(C)CCCC(C)C1CCC2C3C=CC4(Cl)CC(O)CCC4C3CCC12. The number of halogens is 1. The first-order chi connectivity index (χ1) is 12.9. The molecule has 9 atom stereocenters.